The first-order valence-electron chi connectivity index (χ1n) is 11.5. The molecule has 9 nitrogen and oxygen atoms in total. The van der Waals surface area contributed by atoms with Crippen LogP contribution in [0.25, 0.3) is 0 Å². The second kappa shape index (κ2) is 9.92. The third-order valence-electron chi connectivity index (χ3n) is 6.26. The summed E-state index contributed by atoms with van der Waals surface area (Å²) in [6, 6.07) is 9.69. The van der Waals surface area contributed by atoms with Gasteiger partial charge in [-0.05, 0) is 74.1 Å². The van der Waals surface area contributed by atoms with Crippen LogP contribution in [0.4, 0.5) is 16.2 Å². The molecule has 0 unspecified atom stereocenters. The SMILES string of the molecule is CCOC(=O)N1CCN(c2ccc(NS(=O)(=O)c3ccc4c(c3)CCCC4)cc2C(=O)O)CC1. The fraction of sp³-hybridized carbons (Fsp3) is 0.417. The van der Waals surface area contributed by atoms with Gasteiger partial charge < -0.3 is 19.6 Å². The average molecular weight is 488 g/mol. The van der Waals surface area contributed by atoms with E-state index in [-0.39, 0.29) is 22.2 Å². The Kier molecular flexibility index (Phi) is 6.97. The molecular formula is C24H29N3O6S. The van der Waals surface area contributed by atoms with Gasteiger partial charge >= 0.3 is 12.1 Å². The van der Waals surface area contributed by atoms with Crippen molar-refractivity contribution in [2.75, 3.05) is 42.4 Å². The molecule has 1 amide bonds. The average Bonchev–Trinajstić information content (AvgIpc) is 2.83. The second-order valence-electron chi connectivity index (χ2n) is 8.45. The van der Waals surface area contributed by atoms with Crippen molar-refractivity contribution in [2.45, 2.75) is 37.5 Å². The number of benzene rings is 2. The number of nitrogens with one attached hydrogen (secondary N) is 1. The molecule has 1 aliphatic heterocycles. The molecule has 34 heavy (non-hydrogen) atoms. The van der Waals surface area contributed by atoms with Crippen LogP contribution in [0.1, 0.15) is 41.3 Å². The third kappa shape index (κ3) is 5.11. The van der Waals surface area contributed by atoms with Gasteiger partial charge in [0, 0.05) is 31.9 Å². The first-order chi connectivity index (χ1) is 16.3. The number of fused-ring (bicyclic) bond motifs is 1. The van der Waals surface area contributed by atoms with Crippen LogP contribution in [-0.4, -0.2) is 63.3 Å². The number of carboxylic acids is 1. The molecule has 0 atom stereocenters. The molecule has 4 rings (SSSR count). The van der Waals surface area contributed by atoms with Gasteiger partial charge in [0.05, 0.1) is 22.8 Å². The van der Waals surface area contributed by atoms with Gasteiger partial charge in [-0.15, -0.1) is 0 Å². The number of sulfonamides is 1. The van der Waals surface area contributed by atoms with Crippen molar-refractivity contribution in [3.05, 3.63) is 53.1 Å². The predicted octanol–water partition coefficient (Wildman–Crippen LogP) is 3.34. The van der Waals surface area contributed by atoms with Crippen molar-refractivity contribution in [3.8, 4) is 0 Å². The first kappa shape index (κ1) is 23.9. The maximum absolute atomic E-state index is 13.0. The van der Waals surface area contributed by atoms with Gasteiger partial charge in [0.25, 0.3) is 10.0 Å². The second-order valence-corrected chi connectivity index (χ2v) is 10.1. The monoisotopic (exact) mass is 487 g/mol. The van der Waals surface area contributed by atoms with Gasteiger partial charge in [-0.2, -0.15) is 0 Å². The number of aryl methyl sites for hydroxylation is 2. The standard InChI is InChI=1S/C24H29N3O6S/c1-2-33-24(30)27-13-11-26(12-14-27)22-10-8-19(16-21(22)23(28)29)25-34(31,32)20-9-7-17-5-3-4-6-18(17)15-20/h7-10,15-16,25H,2-6,11-14H2,1H3,(H,28,29). The number of aromatic carboxylic acids is 1. The number of carboxylic acid groups (broad SMARTS) is 1. The summed E-state index contributed by atoms with van der Waals surface area (Å²) in [6.45, 7) is 3.74. The Morgan fingerprint density at radius 2 is 1.71 bits per heavy atom. The van der Waals surface area contributed by atoms with E-state index in [0.29, 0.717) is 38.5 Å². The van der Waals surface area contributed by atoms with Crippen LogP contribution < -0.4 is 9.62 Å². The number of nitrogens with zero attached hydrogens (tertiary/aromatic N) is 2. The lowest BCUT2D eigenvalue weighted by molar-refractivity contribution is 0.0696. The van der Waals surface area contributed by atoms with E-state index in [1.54, 1.807) is 36.1 Å². The quantitative estimate of drug-likeness (QED) is 0.642. The van der Waals surface area contributed by atoms with Crippen molar-refractivity contribution >= 4 is 33.5 Å². The summed E-state index contributed by atoms with van der Waals surface area (Å²) in [5.74, 6) is -1.15. The zero-order chi connectivity index (χ0) is 24.3. The number of carbonyl (C=O) groups is 2. The third-order valence-corrected chi connectivity index (χ3v) is 7.63. The van der Waals surface area contributed by atoms with Gasteiger partial charge in [-0.1, -0.05) is 6.07 Å². The largest absolute Gasteiger partial charge is 0.478 e. The number of amides is 1. The summed E-state index contributed by atoms with van der Waals surface area (Å²) in [4.78, 5) is 27.5. The van der Waals surface area contributed by atoms with Gasteiger partial charge in [-0.25, -0.2) is 18.0 Å². The molecular weight excluding hydrogens is 458 g/mol. The van der Waals surface area contributed by atoms with Gasteiger partial charge in [-0.3, -0.25) is 4.72 Å². The molecule has 182 valence electrons. The lowest BCUT2D eigenvalue weighted by Gasteiger charge is -2.36. The normalized spacial score (nSPS) is 16.0. The predicted molar refractivity (Wildman–Crippen MR) is 128 cm³/mol. The molecule has 2 aromatic rings. The Bertz CT molecular complexity index is 1190. The Hall–Kier alpha value is -3.27. The van der Waals surface area contributed by atoms with E-state index < -0.39 is 16.0 Å². The minimum absolute atomic E-state index is 0.00442. The molecule has 1 fully saturated rings. The van der Waals surface area contributed by atoms with Gasteiger partial charge in [0.1, 0.15) is 0 Å². The number of hydrogen-bond donors (Lipinski definition) is 2. The van der Waals surface area contributed by atoms with E-state index in [1.807, 2.05) is 11.0 Å². The summed E-state index contributed by atoms with van der Waals surface area (Å²) < 4.78 is 33.5. The van der Waals surface area contributed by atoms with Crippen molar-refractivity contribution in [3.63, 3.8) is 0 Å². The van der Waals surface area contributed by atoms with Crippen molar-refractivity contribution in [1.82, 2.24) is 4.90 Å². The molecule has 1 heterocycles. The molecule has 10 heteroatoms. The van der Waals surface area contributed by atoms with Crippen LogP contribution in [0.2, 0.25) is 0 Å². The van der Waals surface area contributed by atoms with Crippen LogP contribution in [0.5, 0.6) is 0 Å². The van der Waals surface area contributed by atoms with E-state index in [2.05, 4.69) is 4.72 Å². The Morgan fingerprint density at radius 1 is 1.00 bits per heavy atom. The van der Waals surface area contributed by atoms with Crippen LogP contribution in [0.15, 0.2) is 41.3 Å². The van der Waals surface area contributed by atoms with Crippen LogP contribution in [0.3, 0.4) is 0 Å². The van der Waals surface area contributed by atoms with E-state index in [4.69, 9.17) is 4.74 Å². The zero-order valence-corrected chi connectivity index (χ0v) is 19.9. The van der Waals surface area contributed by atoms with Gasteiger partial charge in [0.15, 0.2) is 0 Å². The minimum atomic E-state index is -3.86. The Balaban J connectivity index is 1.52. The Morgan fingerprint density at radius 3 is 2.38 bits per heavy atom. The number of anilines is 2. The summed E-state index contributed by atoms with van der Waals surface area (Å²) in [7, 11) is -3.86. The van der Waals surface area contributed by atoms with Crippen LogP contribution in [-0.2, 0) is 27.6 Å². The molecule has 1 saturated heterocycles. The number of carbonyl (C=O) groups excluding carboxylic acids is 1. The maximum Gasteiger partial charge on any atom is 0.409 e. The maximum atomic E-state index is 13.0. The van der Waals surface area contributed by atoms with Crippen LogP contribution >= 0.6 is 0 Å². The Labute approximate surface area is 199 Å². The summed E-state index contributed by atoms with van der Waals surface area (Å²) in [5.41, 5.74) is 2.90. The smallest absolute Gasteiger partial charge is 0.409 e. The lowest BCUT2D eigenvalue weighted by Crippen LogP contribution is -2.49. The zero-order valence-electron chi connectivity index (χ0n) is 19.1. The molecule has 2 N–H and O–H groups in total. The number of rotatable bonds is 6. The molecule has 1 aliphatic carbocycles. The van der Waals surface area contributed by atoms with Crippen molar-refractivity contribution < 1.29 is 27.9 Å². The fourth-order valence-electron chi connectivity index (χ4n) is 4.48. The molecule has 2 aromatic carbocycles. The lowest BCUT2D eigenvalue weighted by atomic mass is 9.92. The number of hydrogen-bond acceptors (Lipinski definition) is 6. The highest BCUT2D eigenvalue weighted by Crippen LogP contribution is 2.29. The molecule has 2 aliphatic rings. The molecule has 0 spiro atoms. The molecule has 0 saturated carbocycles. The molecule has 0 bridgehead atoms. The van der Waals surface area contributed by atoms with E-state index in [1.165, 1.54) is 11.6 Å². The van der Waals surface area contributed by atoms with Crippen molar-refractivity contribution in [2.24, 2.45) is 0 Å². The van der Waals surface area contributed by atoms with Crippen LogP contribution in [0, 0.1) is 0 Å². The highest BCUT2D eigenvalue weighted by Gasteiger charge is 2.26. The van der Waals surface area contributed by atoms with Gasteiger partial charge in [0.2, 0.25) is 0 Å². The topological polar surface area (TPSA) is 116 Å². The van der Waals surface area contributed by atoms with E-state index in [0.717, 1.165) is 31.2 Å². The summed E-state index contributed by atoms with van der Waals surface area (Å²) >= 11 is 0. The first-order valence-corrected chi connectivity index (χ1v) is 13.0. The molecule has 0 radical (unpaired) electrons. The highest BCUT2D eigenvalue weighted by molar-refractivity contribution is 7.92. The molecule has 0 aromatic heterocycles. The van der Waals surface area contributed by atoms with Crippen molar-refractivity contribution in [1.29, 1.82) is 0 Å². The fourth-order valence-corrected chi connectivity index (χ4v) is 5.58. The number of ether oxygens (including phenoxy) is 1. The minimum Gasteiger partial charge on any atom is -0.478 e. The van der Waals surface area contributed by atoms with E-state index in [9.17, 15) is 23.1 Å². The van der Waals surface area contributed by atoms with E-state index >= 15 is 0 Å². The highest BCUT2D eigenvalue weighted by atomic mass is 32.2. The number of piperazine rings is 1. The summed E-state index contributed by atoms with van der Waals surface area (Å²) in [5, 5.41) is 9.79. The summed E-state index contributed by atoms with van der Waals surface area (Å²) in [6.07, 6.45) is 3.59.